The summed E-state index contributed by atoms with van der Waals surface area (Å²) in [5, 5.41) is 11.1. The van der Waals surface area contributed by atoms with Crippen LogP contribution in [0.15, 0.2) is 84.4 Å². The maximum Gasteiger partial charge on any atom is 0.295 e. The summed E-state index contributed by atoms with van der Waals surface area (Å²) in [7, 11) is 1.58. The van der Waals surface area contributed by atoms with Crippen molar-refractivity contribution in [3.63, 3.8) is 0 Å². The first-order valence-electron chi connectivity index (χ1n) is 10.0. The predicted molar refractivity (Wildman–Crippen MR) is 118 cm³/mol. The van der Waals surface area contributed by atoms with E-state index in [2.05, 4.69) is 0 Å². The lowest BCUT2D eigenvalue weighted by Crippen LogP contribution is -2.29. The fourth-order valence-corrected chi connectivity index (χ4v) is 3.82. The molecule has 0 spiro atoms. The minimum absolute atomic E-state index is 0.0925. The van der Waals surface area contributed by atoms with Gasteiger partial charge < -0.3 is 14.7 Å². The van der Waals surface area contributed by atoms with Crippen molar-refractivity contribution in [2.45, 2.75) is 19.5 Å². The highest BCUT2D eigenvalue weighted by Gasteiger charge is 2.46. The van der Waals surface area contributed by atoms with Gasteiger partial charge in [0.2, 0.25) is 0 Å². The quantitative estimate of drug-likeness (QED) is 0.376. The number of hydrogen-bond acceptors (Lipinski definition) is 4. The van der Waals surface area contributed by atoms with E-state index < -0.39 is 17.7 Å². The van der Waals surface area contributed by atoms with Gasteiger partial charge in [0.1, 0.15) is 11.5 Å². The van der Waals surface area contributed by atoms with Crippen LogP contribution in [-0.4, -0.2) is 28.8 Å². The van der Waals surface area contributed by atoms with Crippen LogP contribution in [0, 0.1) is 6.92 Å². The van der Waals surface area contributed by atoms with Crippen LogP contribution in [0.2, 0.25) is 0 Å². The second-order valence-corrected chi connectivity index (χ2v) is 7.55. The number of Topliss-reactive ketones (excluding diaryl/α,β-unsaturated/α-hetero) is 1. The molecule has 5 nitrogen and oxygen atoms in total. The smallest absolute Gasteiger partial charge is 0.295 e. The normalized spacial score (nSPS) is 17.7. The van der Waals surface area contributed by atoms with Crippen LogP contribution in [0.3, 0.4) is 0 Å². The van der Waals surface area contributed by atoms with E-state index in [-0.39, 0.29) is 17.9 Å². The summed E-state index contributed by atoms with van der Waals surface area (Å²) in [6.07, 6.45) is 0. The molecule has 5 heteroatoms. The predicted octanol–water partition coefficient (Wildman–Crippen LogP) is 4.63. The lowest BCUT2D eigenvalue weighted by Gasteiger charge is -2.25. The van der Waals surface area contributed by atoms with E-state index >= 15 is 0 Å². The molecule has 4 rings (SSSR count). The van der Waals surface area contributed by atoms with E-state index in [0.29, 0.717) is 11.3 Å². The van der Waals surface area contributed by atoms with Gasteiger partial charge in [-0.05, 0) is 30.2 Å². The molecule has 0 aromatic heterocycles. The minimum Gasteiger partial charge on any atom is -0.507 e. The van der Waals surface area contributed by atoms with Gasteiger partial charge in [0.05, 0.1) is 18.7 Å². The van der Waals surface area contributed by atoms with E-state index in [0.717, 1.165) is 16.7 Å². The van der Waals surface area contributed by atoms with Crippen LogP contribution in [0.1, 0.15) is 28.3 Å². The number of nitrogens with zero attached hydrogens (tertiary/aromatic N) is 1. The lowest BCUT2D eigenvalue weighted by atomic mass is 9.95. The SMILES string of the molecule is COc1ccc([C@@H]2C(=C(O)c3ccc(C)cc3)C(=O)C(=O)N2Cc2ccccc2)cc1. The van der Waals surface area contributed by atoms with Crippen molar-refractivity contribution < 1.29 is 19.4 Å². The molecule has 1 aliphatic heterocycles. The van der Waals surface area contributed by atoms with Crippen molar-refractivity contribution in [1.82, 2.24) is 4.90 Å². The Balaban J connectivity index is 1.85. The topological polar surface area (TPSA) is 66.8 Å². The molecule has 1 heterocycles. The summed E-state index contributed by atoms with van der Waals surface area (Å²) in [6.45, 7) is 2.20. The number of methoxy groups -OCH3 is 1. The molecule has 0 saturated carbocycles. The average molecular weight is 413 g/mol. The Morgan fingerprint density at radius 2 is 1.58 bits per heavy atom. The van der Waals surface area contributed by atoms with Crippen molar-refractivity contribution >= 4 is 17.4 Å². The van der Waals surface area contributed by atoms with Crippen molar-refractivity contribution in [2.75, 3.05) is 7.11 Å². The Labute approximate surface area is 181 Å². The monoisotopic (exact) mass is 413 g/mol. The van der Waals surface area contributed by atoms with E-state index in [1.807, 2.05) is 61.5 Å². The van der Waals surface area contributed by atoms with Crippen LogP contribution in [0.4, 0.5) is 0 Å². The number of benzene rings is 3. The maximum atomic E-state index is 13.1. The third-order valence-electron chi connectivity index (χ3n) is 5.49. The summed E-state index contributed by atoms with van der Waals surface area (Å²) in [5.41, 5.74) is 3.26. The summed E-state index contributed by atoms with van der Waals surface area (Å²) in [4.78, 5) is 27.6. The molecule has 0 bridgehead atoms. The first kappa shape index (κ1) is 20.4. The molecule has 31 heavy (non-hydrogen) atoms. The Kier molecular flexibility index (Phi) is 5.58. The maximum absolute atomic E-state index is 13.1. The van der Waals surface area contributed by atoms with Crippen molar-refractivity contribution in [3.8, 4) is 5.75 Å². The van der Waals surface area contributed by atoms with Crippen LogP contribution >= 0.6 is 0 Å². The first-order chi connectivity index (χ1) is 15.0. The van der Waals surface area contributed by atoms with Gasteiger partial charge in [-0.2, -0.15) is 0 Å². The second kappa shape index (κ2) is 8.48. The summed E-state index contributed by atoms with van der Waals surface area (Å²) >= 11 is 0. The number of carbonyl (C=O) groups excluding carboxylic acids is 2. The van der Waals surface area contributed by atoms with Crippen molar-refractivity contribution in [3.05, 3.63) is 107 Å². The van der Waals surface area contributed by atoms with Gasteiger partial charge in [-0.3, -0.25) is 9.59 Å². The molecule has 0 aliphatic carbocycles. The third-order valence-corrected chi connectivity index (χ3v) is 5.49. The molecule has 156 valence electrons. The van der Waals surface area contributed by atoms with Crippen LogP contribution < -0.4 is 4.74 Å². The lowest BCUT2D eigenvalue weighted by molar-refractivity contribution is -0.140. The van der Waals surface area contributed by atoms with Gasteiger partial charge in [0, 0.05) is 12.1 Å². The van der Waals surface area contributed by atoms with Crippen LogP contribution in [0.25, 0.3) is 5.76 Å². The summed E-state index contributed by atoms with van der Waals surface area (Å²) < 4.78 is 5.24. The van der Waals surface area contributed by atoms with E-state index in [1.165, 1.54) is 4.90 Å². The molecule has 0 unspecified atom stereocenters. The number of likely N-dealkylation sites (tertiary alicyclic amines) is 1. The van der Waals surface area contributed by atoms with E-state index in [4.69, 9.17) is 4.74 Å². The third kappa shape index (κ3) is 3.94. The average Bonchev–Trinajstić information content (AvgIpc) is 3.05. The molecule has 1 saturated heterocycles. The van der Waals surface area contributed by atoms with Gasteiger partial charge in [0.25, 0.3) is 11.7 Å². The Bertz CT molecular complexity index is 1130. The molecule has 0 radical (unpaired) electrons. The number of aliphatic hydroxyl groups excluding tert-OH is 1. The summed E-state index contributed by atoms with van der Waals surface area (Å²) in [5.74, 6) is -0.815. The summed E-state index contributed by atoms with van der Waals surface area (Å²) in [6, 6.07) is 23.2. The number of amides is 1. The van der Waals surface area contributed by atoms with E-state index in [9.17, 15) is 14.7 Å². The highest BCUT2D eigenvalue weighted by atomic mass is 16.5. The van der Waals surface area contributed by atoms with Gasteiger partial charge in [-0.15, -0.1) is 0 Å². The van der Waals surface area contributed by atoms with E-state index in [1.54, 1.807) is 31.4 Å². The van der Waals surface area contributed by atoms with Gasteiger partial charge in [-0.1, -0.05) is 72.3 Å². The molecule has 3 aromatic carbocycles. The van der Waals surface area contributed by atoms with Gasteiger partial charge in [0.15, 0.2) is 0 Å². The fraction of sp³-hybridized carbons (Fsp3) is 0.154. The fourth-order valence-electron chi connectivity index (χ4n) is 3.82. The highest BCUT2D eigenvalue weighted by molar-refractivity contribution is 6.46. The number of hydrogen-bond donors (Lipinski definition) is 1. The Hall–Kier alpha value is -3.86. The number of ketones is 1. The van der Waals surface area contributed by atoms with Gasteiger partial charge in [-0.25, -0.2) is 0 Å². The van der Waals surface area contributed by atoms with Crippen molar-refractivity contribution in [2.24, 2.45) is 0 Å². The zero-order chi connectivity index (χ0) is 22.0. The molecule has 1 fully saturated rings. The molecule has 1 amide bonds. The standard InChI is InChI=1S/C26H23NO4/c1-17-8-10-20(11-9-17)24(28)22-23(19-12-14-21(31-2)15-13-19)27(26(30)25(22)29)16-18-6-4-3-5-7-18/h3-15,23,28H,16H2,1-2H3/t23-/m1/s1. The molecular weight excluding hydrogens is 390 g/mol. The first-order valence-corrected chi connectivity index (χ1v) is 10.0. The molecular formula is C26H23NO4. The number of ether oxygens (including phenoxy) is 1. The number of carbonyl (C=O) groups is 2. The Morgan fingerprint density at radius 1 is 0.935 bits per heavy atom. The molecule has 1 N–H and O–H groups in total. The largest absolute Gasteiger partial charge is 0.507 e. The molecule has 1 atom stereocenters. The second-order valence-electron chi connectivity index (χ2n) is 7.55. The van der Waals surface area contributed by atoms with Crippen LogP contribution in [-0.2, 0) is 16.1 Å². The molecule has 3 aromatic rings. The number of rotatable bonds is 5. The number of aliphatic hydroxyl groups is 1. The Morgan fingerprint density at radius 3 is 2.19 bits per heavy atom. The van der Waals surface area contributed by atoms with Gasteiger partial charge >= 0.3 is 0 Å². The highest BCUT2D eigenvalue weighted by Crippen LogP contribution is 2.40. The zero-order valence-electron chi connectivity index (χ0n) is 17.4. The van der Waals surface area contributed by atoms with Crippen LogP contribution in [0.5, 0.6) is 5.75 Å². The number of aryl methyl sites for hydroxylation is 1. The zero-order valence-corrected chi connectivity index (χ0v) is 17.4. The van der Waals surface area contributed by atoms with Crippen molar-refractivity contribution in [1.29, 1.82) is 0 Å². The minimum atomic E-state index is -0.701. The molecule has 1 aliphatic rings.